The fraction of sp³-hybridized carbons (Fsp3) is 1.00. The Morgan fingerprint density at radius 3 is 1.48 bits per heavy atom. The Balaban J connectivity index is 5.27. The number of unbranched alkanes of at least 4 members (excludes halogenated alkanes) is 15. The summed E-state index contributed by atoms with van der Waals surface area (Å²) >= 11 is 0. The molecular weight excluding hydrogens is 835 g/mol. The minimum Gasteiger partial charge on any atom is -0.748 e. The zero-order valence-electron chi connectivity index (χ0n) is 35.5. The number of quaternary nitrogens is 1. The molecule has 0 aromatic rings. The maximum atomic E-state index is 11.8. The molecule has 0 saturated carbocycles. The van der Waals surface area contributed by atoms with Crippen LogP contribution in [0.1, 0.15) is 116 Å². The molecule has 18 nitrogen and oxygen atoms in total. The van der Waals surface area contributed by atoms with E-state index in [0.29, 0.717) is 17.4 Å². The first-order chi connectivity index (χ1) is 27.1. The number of rotatable bonds is 41. The first-order valence-electron chi connectivity index (χ1n) is 21.1. The van der Waals surface area contributed by atoms with E-state index in [4.69, 9.17) is 8.85 Å². The van der Waals surface area contributed by atoms with Crippen LogP contribution in [0.5, 0.6) is 0 Å². The number of hydrogen-bond acceptors (Lipinski definition) is 17. The van der Waals surface area contributed by atoms with Gasteiger partial charge in [-0.15, -0.1) is 0 Å². The van der Waals surface area contributed by atoms with Gasteiger partial charge >= 0.3 is 8.80 Å². The minimum atomic E-state index is -4.78. The highest BCUT2D eigenvalue weighted by Crippen LogP contribution is 2.20. The Bertz CT molecular complexity index is 1180. The molecule has 58 heavy (non-hydrogen) atoms. The van der Waals surface area contributed by atoms with Gasteiger partial charge in [-0.25, -0.2) is 16.8 Å². The van der Waals surface area contributed by atoms with Crippen molar-refractivity contribution in [2.24, 2.45) is 0 Å². The van der Waals surface area contributed by atoms with Gasteiger partial charge < -0.3 is 68.2 Å². The Labute approximate surface area is 351 Å². The maximum absolute atomic E-state index is 11.8. The van der Waals surface area contributed by atoms with Crippen molar-refractivity contribution in [1.82, 2.24) is 10.3 Å². The van der Waals surface area contributed by atoms with Gasteiger partial charge in [-0.2, -0.15) is 0 Å². The average Bonchev–Trinajstić information content (AvgIpc) is 3.14. The Morgan fingerprint density at radius 1 is 0.655 bits per heavy atom. The quantitative estimate of drug-likeness (QED) is 0.0168. The molecule has 0 fully saturated rings. The summed E-state index contributed by atoms with van der Waals surface area (Å²) in [6.07, 6.45) is 15.7. The molecule has 0 aromatic heterocycles. The number of β-amino-alcohol motifs (C(OH)–C–C–N with tert-alkyl or cyclic N) is 1. The SMILES string of the molecule is CCCCCCCCCCCCCCCCCC[N+](C)(C)CCC[Si](O)(OCC(CO)(CO)NCC(O)CS(=O)(=O)[O-])OC[Si](CO)(CO)NCC(O)CS(=O)(=O)[O-]. The third-order valence-corrected chi connectivity index (χ3v) is 17.4. The first-order valence-corrected chi connectivity index (χ1v) is 28.9. The fourth-order valence-corrected chi connectivity index (χ4v) is 12.4. The van der Waals surface area contributed by atoms with Crippen LogP contribution in [0.4, 0.5) is 0 Å². The third-order valence-electron chi connectivity index (χ3n) is 10.5. The molecule has 0 aromatic carbocycles. The molecule has 22 heteroatoms. The van der Waals surface area contributed by atoms with E-state index in [2.05, 4.69) is 31.3 Å². The molecule has 0 aliphatic rings. The van der Waals surface area contributed by atoms with Crippen LogP contribution in [0.15, 0.2) is 0 Å². The lowest BCUT2D eigenvalue weighted by atomic mass is 10.0. The number of nitrogens with zero attached hydrogens (tertiary/aromatic N) is 1. The van der Waals surface area contributed by atoms with Gasteiger partial charge in [0.15, 0.2) is 0 Å². The topological polar surface area (TPSA) is 299 Å². The van der Waals surface area contributed by atoms with E-state index in [1.807, 2.05) is 0 Å². The van der Waals surface area contributed by atoms with E-state index in [-0.39, 0.29) is 6.04 Å². The van der Waals surface area contributed by atoms with E-state index in [1.54, 1.807) is 0 Å². The number of hydrogen-bond donors (Lipinski definition) is 9. The Kier molecular flexibility index (Phi) is 30.6. The highest BCUT2D eigenvalue weighted by Gasteiger charge is 2.45. The normalized spacial score (nSPS) is 15.4. The number of aliphatic hydroxyl groups is 6. The summed E-state index contributed by atoms with van der Waals surface area (Å²) in [5, 5.41) is 63.3. The first kappa shape index (κ1) is 57.8. The maximum Gasteiger partial charge on any atom is 0.498 e. The predicted octanol–water partition coefficient (Wildman–Crippen LogP) is -0.0587. The summed E-state index contributed by atoms with van der Waals surface area (Å²) in [4.78, 5) is 14.5. The summed E-state index contributed by atoms with van der Waals surface area (Å²) in [5.74, 6) is -2.23. The molecule has 3 atom stereocenters. The van der Waals surface area contributed by atoms with E-state index in [9.17, 15) is 61.4 Å². The van der Waals surface area contributed by atoms with Gasteiger partial charge in [0, 0.05) is 25.6 Å². The smallest absolute Gasteiger partial charge is 0.498 e. The van der Waals surface area contributed by atoms with Crippen LogP contribution in [-0.4, -0.2) is 191 Å². The van der Waals surface area contributed by atoms with Crippen LogP contribution in [-0.2, 0) is 29.1 Å². The average molecular weight is 915 g/mol. The summed E-state index contributed by atoms with van der Waals surface area (Å²) in [6, 6.07) is -0.0317. The third kappa shape index (κ3) is 29.9. The lowest BCUT2D eigenvalue weighted by Crippen LogP contribution is -2.66. The van der Waals surface area contributed by atoms with Gasteiger partial charge in [0.2, 0.25) is 8.24 Å². The van der Waals surface area contributed by atoms with Crippen molar-refractivity contribution in [1.29, 1.82) is 0 Å². The largest absolute Gasteiger partial charge is 0.748 e. The molecule has 0 bridgehead atoms. The van der Waals surface area contributed by atoms with Crippen LogP contribution in [0, 0.1) is 0 Å². The van der Waals surface area contributed by atoms with Crippen molar-refractivity contribution in [3.63, 3.8) is 0 Å². The molecule has 9 N–H and O–H groups in total. The summed E-state index contributed by atoms with van der Waals surface area (Å²) in [7, 11) is -13.3. The van der Waals surface area contributed by atoms with Gasteiger partial charge in [-0.1, -0.05) is 96.8 Å². The second-order valence-corrected chi connectivity index (χ2v) is 26.0. The van der Waals surface area contributed by atoms with Crippen molar-refractivity contribution < 1.29 is 74.7 Å². The van der Waals surface area contributed by atoms with Crippen molar-refractivity contribution in [3.05, 3.63) is 0 Å². The van der Waals surface area contributed by atoms with Gasteiger partial charge in [0.25, 0.3) is 0 Å². The molecule has 350 valence electrons. The Hall–Kier alpha value is -0.226. The van der Waals surface area contributed by atoms with E-state index in [0.717, 1.165) is 19.4 Å². The molecule has 0 saturated heterocycles. The fourth-order valence-electron chi connectivity index (χ4n) is 6.48. The lowest BCUT2D eigenvalue weighted by molar-refractivity contribution is -0.890. The van der Waals surface area contributed by atoms with Crippen molar-refractivity contribution in [3.8, 4) is 0 Å². The van der Waals surface area contributed by atoms with Crippen LogP contribution in [0.2, 0.25) is 6.04 Å². The molecule has 0 aliphatic carbocycles. The standard InChI is InChI=1S/C36H81N3O15S2Si2/c1-4-5-6-7-8-9-10-11-12-13-14-15-16-17-18-19-21-39(2,3)22-20-23-58(52,53-30-36(28-40,29-41)37-24-34(44)26-55(46,47)48)54-33-57(31-42,32-43)38-25-35(45)27-56(49,50)51/h34-35,37-38,40-45,52H,4-33H2,1-3H3,(H-,46,47,48,49,50,51)/p-1. The second kappa shape index (κ2) is 30.8. The van der Waals surface area contributed by atoms with Crippen LogP contribution >= 0.6 is 0 Å². The van der Waals surface area contributed by atoms with Crippen LogP contribution < -0.4 is 10.3 Å². The molecule has 3 unspecified atom stereocenters. The molecule has 0 rings (SSSR count). The molecular formula is C36H80N3O15S2Si2-. The second-order valence-electron chi connectivity index (χ2n) is 16.8. The van der Waals surface area contributed by atoms with Crippen molar-refractivity contribution in [2.45, 2.75) is 140 Å². The van der Waals surface area contributed by atoms with Gasteiger partial charge in [0.1, 0.15) is 0 Å². The summed E-state index contributed by atoms with van der Waals surface area (Å²) < 4.78 is 78.8. The zero-order chi connectivity index (χ0) is 44.2. The van der Waals surface area contributed by atoms with E-state index in [1.165, 1.54) is 89.9 Å². The van der Waals surface area contributed by atoms with Gasteiger partial charge in [0.05, 0.1) is 115 Å². The predicted molar refractivity (Wildman–Crippen MR) is 225 cm³/mol. The lowest BCUT2D eigenvalue weighted by Gasteiger charge is -2.37. The molecule has 0 aliphatic heterocycles. The number of aliphatic hydroxyl groups excluding tert-OH is 6. The zero-order valence-corrected chi connectivity index (χ0v) is 39.2. The van der Waals surface area contributed by atoms with Crippen molar-refractivity contribution >= 4 is 37.3 Å². The van der Waals surface area contributed by atoms with Gasteiger partial charge in [-0.3, -0.25) is 0 Å². The van der Waals surface area contributed by atoms with E-state index < -0.39 is 118 Å². The van der Waals surface area contributed by atoms with Crippen molar-refractivity contribution in [2.75, 3.05) is 90.3 Å². The molecule has 0 amide bonds. The van der Waals surface area contributed by atoms with E-state index >= 15 is 0 Å². The Morgan fingerprint density at radius 2 is 1.07 bits per heavy atom. The van der Waals surface area contributed by atoms with Crippen LogP contribution in [0.3, 0.4) is 0 Å². The minimum absolute atomic E-state index is 0.0317. The highest BCUT2D eigenvalue weighted by molar-refractivity contribution is 7.86. The van der Waals surface area contributed by atoms with Gasteiger partial charge in [-0.05, 0) is 12.8 Å². The summed E-state index contributed by atoms with van der Waals surface area (Å²) in [5.41, 5.74) is -1.73. The molecule has 0 spiro atoms. The molecule has 0 radical (unpaired) electrons. The number of nitrogens with one attached hydrogen (secondary N) is 2. The molecule has 0 heterocycles. The van der Waals surface area contributed by atoms with Crippen LogP contribution in [0.25, 0.3) is 0 Å². The summed E-state index contributed by atoms with van der Waals surface area (Å²) in [6.45, 7) is 0.522. The highest BCUT2D eigenvalue weighted by atomic mass is 32.2. The monoisotopic (exact) mass is 914 g/mol.